The summed E-state index contributed by atoms with van der Waals surface area (Å²) in [5, 5.41) is 0. The van der Waals surface area contributed by atoms with Crippen molar-refractivity contribution in [2.24, 2.45) is 5.92 Å². The summed E-state index contributed by atoms with van der Waals surface area (Å²) in [5.41, 5.74) is 0.369. The van der Waals surface area contributed by atoms with E-state index in [0.29, 0.717) is 5.56 Å². The van der Waals surface area contributed by atoms with Gasteiger partial charge in [0.2, 0.25) is 0 Å². The van der Waals surface area contributed by atoms with Gasteiger partial charge in [-0.25, -0.2) is 4.39 Å². The predicted octanol–water partition coefficient (Wildman–Crippen LogP) is 2.97. The van der Waals surface area contributed by atoms with Gasteiger partial charge in [-0.15, -0.1) is 0 Å². The zero-order chi connectivity index (χ0) is 13.0. The maximum atomic E-state index is 13.0. The number of ketones is 1. The van der Waals surface area contributed by atoms with E-state index in [-0.39, 0.29) is 16.7 Å². The van der Waals surface area contributed by atoms with E-state index in [4.69, 9.17) is 0 Å². The van der Waals surface area contributed by atoms with E-state index in [1.165, 1.54) is 25.3 Å². The van der Waals surface area contributed by atoms with Crippen molar-refractivity contribution in [3.63, 3.8) is 0 Å². The first kappa shape index (κ1) is 13.8. The lowest BCUT2D eigenvalue weighted by Gasteiger charge is -2.08. The fourth-order valence-corrected chi connectivity index (χ4v) is 1.73. The largest absolute Gasteiger partial charge is 0.469 e. The molecule has 0 radical (unpaired) electrons. The Morgan fingerprint density at radius 2 is 2.12 bits per heavy atom. The molecule has 0 saturated heterocycles. The van der Waals surface area contributed by atoms with E-state index >= 15 is 0 Å². The number of halogens is 2. The van der Waals surface area contributed by atoms with Gasteiger partial charge < -0.3 is 4.74 Å². The molecule has 0 fully saturated rings. The third-order valence-corrected chi connectivity index (χ3v) is 2.94. The topological polar surface area (TPSA) is 43.4 Å². The molecule has 0 aliphatic heterocycles. The zero-order valence-corrected chi connectivity index (χ0v) is 11.1. The third kappa shape index (κ3) is 3.63. The molecule has 0 N–H and O–H groups in total. The minimum Gasteiger partial charge on any atom is -0.469 e. The highest BCUT2D eigenvalue weighted by molar-refractivity contribution is 9.10. The van der Waals surface area contributed by atoms with Crippen molar-refractivity contribution in [1.82, 2.24) is 0 Å². The number of methoxy groups -OCH3 is 1. The van der Waals surface area contributed by atoms with Crippen LogP contribution in [0.15, 0.2) is 22.7 Å². The Morgan fingerprint density at radius 3 is 2.65 bits per heavy atom. The minimum atomic E-state index is -0.503. The highest BCUT2D eigenvalue weighted by Gasteiger charge is 2.18. The van der Waals surface area contributed by atoms with Gasteiger partial charge in [0.05, 0.1) is 17.5 Å². The van der Waals surface area contributed by atoms with Crippen LogP contribution >= 0.6 is 15.9 Å². The van der Waals surface area contributed by atoms with Gasteiger partial charge in [0.15, 0.2) is 5.78 Å². The van der Waals surface area contributed by atoms with Crippen LogP contribution in [0.1, 0.15) is 23.7 Å². The molecule has 0 aromatic heterocycles. The van der Waals surface area contributed by atoms with Crippen molar-refractivity contribution < 1.29 is 18.7 Å². The SMILES string of the molecule is COC(=O)C(C)CC(=O)c1ccc(F)c(Br)c1. The summed E-state index contributed by atoms with van der Waals surface area (Å²) in [5.74, 6) is -1.58. The van der Waals surface area contributed by atoms with Crippen LogP contribution in [-0.2, 0) is 9.53 Å². The van der Waals surface area contributed by atoms with E-state index in [2.05, 4.69) is 20.7 Å². The Kier molecular flexibility index (Phi) is 4.81. The Morgan fingerprint density at radius 1 is 1.47 bits per heavy atom. The summed E-state index contributed by atoms with van der Waals surface area (Å²) in [6.07, 6.45) is 0.0464. The number of esters is 1. The number of ether oxygens (including phenoxy) is 1. The van der Waals surface area contributed by atoms with E-state index in [1.54, 1.807) is 6.92 Å². The van der Waals surface area contributed by atoms with Gasteiger partial charge in [0.25, 0.3) is 0 Å². The number of hydrogen-bond acceptors (Lipinski definition) is 3. The molecule has 0 heterocycles. The van der Waals surface area contributed by atoms with Gasteiger partial charge in [-0.05, 0) is 34.1 Å². The second kappa shape index (κ2) is 5.91. The van der Waals surface area contributed by atoms with Gasteiger partial charge >= 0.3 is 5.97 Å². The third-order valence-electron chi connectivity index (χ3n) is 2.34. The van der Waals surface area contributed by atoms with Crippen LogP contribution in [0.4, 0.5) is 4.39 Å². The van der Waals surface area contributed by atoms with Gasteiger partial charge in [-0.3, -0.25) is 9.59 Å². The first-order valence-corrected chi connectivity index (χ1v) is 5.81. The molecule has 1 aromatic carbocycles. The molecular weight excluding hydrogens is 291 g/mol. The number of carbonyl (C=O) groups excluding carboxylic acids is 2. The minimum absolute atomic E-state index is 0.0464. The van der Waals surface area contributed by atoms with Crippen molar-refractivity contribution in [2.45, 2.75) is 13.3 Å². The average molecular weight is 303 g/mol. The van der Waals surface area contributed by atoms with Crippen LogP contribution in [-0.4, -0.2) is 18.9 Å². The Bertz CT molecular complexity index is 445. The van der Waals surface area contributed by atoms with E-state index in [1.807, 2.05) is 0 Å². The molecule has 1 unspecified atom stereocenters. The second-order valence-corrected chi connectivity index (χ2v) is 4.53. The van der Waals surface area contributed by atoms with Crippen molar-refractivity contribution in [3.05, 3.63) is 34.1 Å². The molecule has 1 aromatic rings. The molecular formula is C12H12BrFO3. The lowest BCUT2D eigenvalue weighted by molar-refractivity contribution is -0.144. The van der Waals surface area contributed by atoms with Gasteiger partial charge in [0, 0.05) is 12.0 Å². The first-order valence-electron chi connectivity index (χ1n) is 5.01. The fraction of sp³-hybridized carbons (Fsp3) is 0.333. The zero-order valence-electron chi connectivity index (χ0n) is 9.50. The van der Waals surface area contributed by atoms with Crippen LogP contribution < -0.4 is 0 Å². The van der Waals surface area contributed by atoms with Crippen LogP contribution in [0.3, 0.4) is 0 Å². The summed E-state index contributed by atoms with van der Waals surface area (Å²) < 4.78 is 17.7. The second-order valence-electron chi connectivity index (χ2n) is 3.68. The van der Waals surface area contributed by atoms with Crippen molar-refractivity contribution in [1.29, 1.82) is 0 Å². The lowest BCUT2D eigenvalue weighted by atomic mass is 10.00. The van der Waals surface area contributed by atoms with Crippen molar-refractivity contribution in [2.75, 3.05) is 7.11 Å². The molecule has 1 atom stereocenters. The summed E-state index contributed by atoms with van der Waals surface area (Å²) in [6, 6.07) is 4.01. The van der Waals surface area contributed by atoms with Gasteiger partial charge in [-0.2, -0.15) is 0 Å². The number of benzene rings is 1. The first-order chi connectivity index (χ1) is 7.95. The molecule has 1 rings (SSSR count). The molecule has 0 aliphatic carbocycles. The summed E-state index contributed by atoms with van der Waals surface area (Å²) in [6.45, 7) is 1.61. The molecule has 0 bridgehead atoms. The number of carbonyl (C=O) groups is 2. The van der Waals surface area contributed by atoms with Crippen LogP contribution in [0, 0.1) is 11.7 Å². The Balaban J connectivity index is 2.76. The number of hydrogen-bond donors (Lipinski definition) is 0. The van der Waals surface area contributed by atoms with Gasteiger partial charge in [-0.1, -0.05) is 6.92 Å². The molecule has 3 nitrogen and oxygen atoms in total. The maximum Gasteiger partial charge on any atom is 0.308 e. The summed E-state index contributed by atoms with van der Waals surface area (Å²) in [4.78, 5) is 22.9. The molecule has 0 amide bonds. The Labute approximate surface area is 107 Å². The van der Waals surface area contributed by atoms with Crippen LogP contribution in [0.5, 0.6) is 0 Å². The standard InChI is InChI=1S/C12H12BrFO3/c1-7(12(16)17-2)5-11(15)8-3-4-10(14)9(13)6-8/h3-4,6-7H,5H2,1-2H3. The normalized spacial score (nSPS) is 12.0. The maximum absolute atomic E-state index is 13.0. The lowest BCUT2D eigenvalue weighted by Crippen LogP contribution is -2.16. The average Bonchev–Trinajstić information content (AvgIpc) is 2.31. The van der Waals surface area contributed by atoms with Crippen molar-refractivity contribution in [3.8, 4) is 0 Å². The number of Topliss-reactive ketones (excluding diaryl/α,β-unsaturated/α-hetero) is 1. The monoisotopic (exact) mass is 302 g/mol. The quantitative estimate of drug-likeness (QED) is 0.634. The highest BCUT2D eigenvalue weighted by Crippen LogP contribution is 2.19. The molecule has 17 heavy (non-hydrogen) atoms. The molecule has 5 heteroatoms. The molecule has 92 valence electrons. The van der Waals surface area contributed by atoms with Crippen LogP contribution in [0.2, 0.25) is 0 Å². The van der Waals surface area contributed by atoms with Crippen molar-refractivity contribution >= 4 is 27.7 Å². The molecule has 0 aliphatic rings. The number of rotatable bonds is 4. The summed E-state index contributed by atoms with van der Waals surface area (Å²) in [7, 11) is 1.28. The Hall–Kier alpha value is -1.23. The predicted molar refractivity (Wildman–Crippen MR) is 64.2 cm³/mol. The fourth-order valence-electron chi connectivity index (χ4n) is 1.35. The van der Waals surface area contributed by atoms with Crippen LogP contribution in [0.25, 0.3) is 0 Å². The summed E-state index contributed by atoms with van der Waals surface area (Å²) >= 11 is 3.00. The molecule has 0 spiro atoms. The van der Waals surface area contributed by atoms with E-state index < -0.39 is 17.7 Å². The van der Waals surface area contributed by atoms with E-state index in [0.717, 1.165) is 0 Å². The van der Waals surface area contributed by atoms with Gasteiger partial charge in [0.1, 0.15) is 5.82 Å². The van der Waals surface area contributed by atoms with E-state index in [9.17, 15) is 14.0 Å². The smallest absolute Gasteiger partial charge is 0.308 e. The molecule has 0 saturated carbocycles. The highest BCUT2D eigenvalue weighted by atomic mass is 79.9.